The summed E-state index contributed by atoms with van der Waals surface area (Å²) in [4.78, 5) is 15.3. The minimum atomic E-state index is 0.0471. The number of benzene rings is 1. The van der Waals surface area contributed by atoms with Gasteiger partial charge >= 0.3 is 0 Å². The maximum absolute atomic E-state index is 13.3. The molecule has 3 nitrogen and oxygen atoms in total. The molecule has 3 heteroatoms. The standard InChI is InChI=1S/C21H29NO2/c1-13(18-6-4-5-7-19(18)24-3)22(2)21(23)20-16-9-14-8-15(11-16)12-17(20)10-14/h4-7,13-17,20H,8-12H2,1-3H3. The van der Waals surface area contributed by atoms with Crippen LogP contribution >= 0.6 is 0 Å². The molecule has 4 bridgehead atoms. The van der Waals surface area contributed by atoms with Gasteiger partial charge in [-0.3, -0.25) is 4.79 Å². The highest BCUT2D eigenvalue weighted by molar-refractivity contribution is 5.80. The van der Waals surface area contributed by atoms with Crippen molar-refractivity contribution in [2.24, 2.45) is 29.6 Å². The Balaban J connectivity index is 1.54. The average Bonchev–Trinajstić information content (AvgIpc) is 2.59. The largest absolute Gasteiger partial charge is 0.496 e. The number of nitrogens with zero attached hydrogens (tertiary/aromatic N) is 1. The van der Waals surface area contributed by atoms with Gasteiger partial charge < -0.3 is 9.64 Å². The summed E-state index contributed by atoms with van der Waals surface area (Å²) in [6, 6.07) is 8.10. The van der Waals surface area contributed by atoms with E-state index in [2.05, 4.69) is 13.0 Å². The third-order valence-electron chi connectivity index (χ3n) is 7.03. The van der Waals surface area contributed by atoms with Gasteiger partial charge in [-0.05, 0) is 68.8 Å². The van der Waals surface area contributed by atoms with Crippen LogP contribution in [0.1, 0.15) is 50.6 Å². The van der Waals surface area contributed by atoms with Gasteiger partial charge in [0.1, 0.15) is 5.75 Å². The second kappa shape index (κ2) is 6.09. The molecule has 0 N–H and O–H groups in total. The maximum Gasteiger partial charge on any atom is 0.226 e. The van der Waals surface area contributed by atoms with Crippen molar-refractivity contribution in [3.63, 3.8) is 0 Å². The van der Waals surface area contributed by atoms with Gasteiger partial charge in [0.05, 0.1) is 13.2 Å². The van der Waals surface area contributed by atoms with E-state index in [0.717, 1.165) is 23.1 Å². The minimum absolute atomic E-state index is 0.0471. The van der Waals surface area contributed by atoms with E-state index in [1.54, 1.807) is 7.11 Å². The van der Waals surface area contributed by atoms with Gasteiger partial charge in [0.2, 0.25) is 5.91 Å². The fourth-order valence-electron chi connectivity index (χ4n) is 5.97. The normalized spacial score (nSPS) is 34.9. The number of methoxy groups -OCH3 is 1. The van der Waals surface area contributed by atoms with Crippen molar-refractivity contribution in [3.05, 3.63) is 29.8 Å². The molecule has 4 saturated carbocycles. The second-order valence-electron chi connectivity index (χ2n) is 8.32. The number of ether oxygens (including phenoxy) is 1. The summed E-state index contributed by atoms with van der Waals surface area (Å²) in [6.07, 6.45) is 6.60. The molecule has 0 saturated heterocycles. The zero-order chi connectivity index (χ0) is 16.8. The Kier molecular flexibility index (Phi) is 4.06. The van der Waals surface area contributed by atoms with Crippen molar-refractivity contribution in [1.82, 2.24) is 4.90 Å². The van der Waals surface area contributed by atoms with Crippen molar-refractivity contribution < 1.29 is 9.53 Å². The van der Waals surface area contributed by atoms with E-state index in [1.165, 1.54) is 32.1 Å². The van der Waals surface area contributed by atoms with Crippen LogP contribution in [-0.2, 0) is 4.79 Å². The predicted octanol–water partition coefficient (Wildman–Crippen LogP) is 4.29. The molecule has 24 heavy (non-hydrogen) atoms. The summed E-state index contributed by atoms with van der Waals surface area (Å²) in [7, 11) is 3.68. The number of amides is 1. The van der Waals surface area contributed by atoms with Gasteiger partial charge in [-0.1, -0.05) is 18.2 Å². The van der Waals surface area contributed by atoms with Crippen LogP contribution < -0.4 is 4.74 Å². The Bertz CT molecular complexity index is 598. The zero-order valence-electron chi connectivity index (χ0n) is 15.1. The first kappa shape index (κ1) is 16.0. The van der Waals surface area contributed by atoms with E-state index in [-0.39, 0.29) is 12.0 Å². The van der Waals surface area contributed by atoms with Crippen LogP contribution in [-0.4, -0.2) is 25.0 Å². The molecule has 4 aliphatic carbocycles. The molecule has 1 amide bonds. The molecule has 0 spiro atoms. The summed E-state index contributed by atoms with van der Waals surface area (Å²) < 4.78 is 5.50. The van der Waals surface area contributed by atoms with Crippen molar-refractivity contribution in [2.45, 2.75) is 45.1 Å². The molecule has 130 valence electrons. The van der Waals surface area contributed by atoms with Gasteiger partial charge in [0.15, 0.2) is 0 Å². The fraction of sp³-hybridized carbons (Fsp3) is 0.667. The van der Waals surface area contributed by atoms with Crippen LogP contribution in [0.4, 0.5) is 0 Å². The lowest BCUT2D eigenvalue weighted by Crippen LogP contribution is -2.51. The van der Waals surface area contributed by atoms with Crippen molar-refractivity contribution >= 4 is 5.91 Å². The van der Waals surface area contributed by atoms with Crippen LogP contribution in [0, 0.1) is 29.6 Å². The summed E-state index contributed by atoms with van der Waals surface area (Å²) in [5, 5.41) is 0. The van der Waals surface area contributed by atoms with E-state index in [9.17, 15) is 4.79 Å². The first-order valence-corrected chi connectivity index (χ1v) is 9.48. The molecule has 0 aromatic heterocycles. The first-order valence-electron chi connectivity index (χ1n) is 9.48. The second-order valence-corrected chi connectivity index (χ2v) is 8.32. The monoisotopic (exact) mass is 327 g/mol. The summed E-state index contributed by atoms with van der Waals surface area (Å²) >= 11 is 0. The van der Waals surface area contributed by atoms with Crippen LogP contribution in [0.3, 0.4) is 0 Å². The fourth-order valence-corrected chi connectivity index (χ4v) is 5.97. The lowest BCUT2D eigenvalue weighted by atomic mass is 9.51. The maximum atomic E-state index is 13.3. The SMILES string of the molecule is COc1ccccc1C(C)N(C)C(=O)C1C2CC3CC(C2)CC1C3. The highest BCUT2D eigenvalue weighted by Gasteiger charge is 2.51. The number of carbonyl (C=O) groups excluding carboxylic acids is 1. The molecule has 0 heterocycles. The van der Waals surface area contributed by atoms with Gasteiger partial charge in [-0.15, -0.1) is 0 Å². The Morgan fingerprint density at radius 1 is 1.08 bits per heavy atom. The van der Waals surface area contributed by atoms with Gasteiger partial charge in [0.25, 0.3) is 0 Å². The molecule has 4 aliphatic rings. The van der Waals surface area contributed by atoms with Crippen molar-refractivity contribution in [3.8, 4) is 5.75 Å². The van der Waals surface area contributed by atoms with E-state index in [0.29, 0.717) is 17.7 Å². The molecular formula is C21H29NO2. The summed E-state index contributed by atoms with van der Waals surface area (Å²) in [5.74, 6) is 4.60. The molecule has 0 radical (unpaired) electrons. The number of hydrogen-bond acceptors (Lipinski definition) is 2. The molecule has 1 aromatic carbocycles. The highest BCUT2D eigenvalue weighted by atomic mass is 16.5. The lowest BCUT2D eigenvalue weighted by molar-refractivity contribution is -0.149. The van der Waals surface area contributed by atoms with Crippen molar-refractivity contribution in [2.75, 3.05) is 14.2 Å². The first-order chi connectivity index (χ1) is 11.6. The van der Waals surface area contributed by atoms with E-state index in [4.69, 9.17) is 4.74 Å². The van der Waals surface area contributed by atoms with Crippen LogP contribution in [0.25, 0.3) is 0 Å². The molecule has 1 aromatic rings. The van der Waals surface area contributed by atoms with E-state index >= 15 is 0 Å². The molecule has 1 atom stereocenters. The third-order valence-corrected chi connectivity index (χ3v) is 7.03. The third kappa shape index (κ3) is 2.53. The average molecular weight is 327 g/mol. The number of carbonyl (C=O) groups is 1. The minimum Gasteiger partial charge on any atom is -0.496 e. The van der Waals surface area contributed by atoms with Crippen LogP contribution in [0.2, 0.25) is 0 Å². The highest BCUT2D eigenvalue weighted by Crippen LogP contribution is 2.57. The Morgan fingerprint density at radius 3 is 2.25 bits per heavy atom. The summed E-state index contributed by atoms with van der Waals surface area (Å²) in [5.41, 5.74) is 1.10. The molecule has 0 aliphatic heterocycles. The summed E-state index contributed by atoms with van der Waals surface area (Å²) in [6.45, 7) is 2.12. The molecule has 1 unspecified atom stereocenters. The van der Waals surface area contributed by atoms with Gasteiger partial charge in [0, 0.05) is 18.5 Å². The van der Waals surface area contributed by atoms with Crippen LogP contribution in [0.5, 0.6) is 5.75 Å². The van der Waals surface area contributed by atoms with Crippen LogP contribution in [0.15, 0.2) is 24.3 Å². The number of hydrogen-bond donors (Lipinski definition) is 0. The molecule has 5 rings (SSSR count). The van der Waals surface area contributed by atoms with Crippen molar-refractivity contribution in [1.29, 1.82) is 0 Å². The smallest absolute Gasteiger partial charge is 0.226 e. The quantitative estimate of drug-likeness (QED) is 0.826. The zero-order valence-corrected chi connectivity index (χ0v) is 15.1. The van der Waals surface area contributed by atoms with E-state index < -0.39 is 0 Å². The lowest BCUT2D eigenvalue weighted by Gasteiger charge is -2.54. The van der Waals surface area contributed by atoms with Gasteiger partial charge in [-0.2, -0.15) is 0 Å². The molecular weight excluding hydrogens is 298 g/mol. The Morgan fingerprint density at radius 2 is 1.67 bits per heavy atom. The number of rotatable bonds is 4. The topological polar surface area (TPSA) is 29.5 Å². The van der Waals surface area contributed by atoms with E-state index in [1.807, 2.05) is 30.1 Å². The van der Waals surface area contributed by atoms with Gasteiger partial charge in [-0.25, -0.2) is 0 Å². The Hall–Kier alpha value is -1.51. The number of para-hydroxylation sites is 1. The molecule has 4 fully saturated rings. The predicted molar refractivity (Wildman–Crippen MR) is 94.7 cm³/mol. The Labute approximate surface area is 145 Å².